The molecule has 120 valence electrons. The number of nitrogens with zero attached hydrogens (tertiary/aromatic N) is 3. The molecule has 1 amide bonds. The van der Waals surface area contributed by atoms with Crippen molar-refractivity contribution in [2.45, 2.75) is 0 Å². The lowest BCUT2D eigenvalue weighted by molar-refractivity contribution is 0.102. The number of benzene rings is 1. The van der Waals surface area contributed by atoms with Crippen LogP contribution in [0, 0.1) is 0 Å². The highest BCUT2D eigenvalue weighted by atomic mass is 35.5. The maximum Gasteiger partial charge on any atom is 0.257 e. The van der Waals surface area contributed by atoms with Crippen LogP contribution in [-0.2, 0) is 0 Å². The molecule has 1 aliphatic rings. The molecular weight excluding hydrogens is 312 g/mol. The van der Waals surface area contributed by atoms with E-state index in [4.69, 9.17) is 11.6 Å². The van der Waals surface area contributed by atoms with E-state index in [1.165, 1.54) is 11.9 Å². The number of likely N-dealkylation sites (N-methyl/N-ethyl adjacent to an activating group) is 1. The number of halogens is 1. The minimum Gasteiger partial charge on any atom is -0.369 e. The van der Waals surface area contributed by atoms with Crippen LogP contribution < -0.4 is 10.2 Å². The number of carbonyl (C=O) groups excluding carboxylic acids is 1. The molecule has 0 aliphatic carbocycles. The number of rotatable bonds is 3. The van der Waals surface area contributed by atoms with E-state index in [-0.39, 0.29) is 5.91 Å². The fraction of sp³-hybridized carbons (Fsp3) is 0.294. The van der Waals surface area contributed by atoms with Gasteiger partial charge in [0.25, 0.3) is 5.91 Å². The second-order valence-corrected chi connectivity index (χ2v) is 6.05. The Labute approximate surface area is 140 Å². The summed E-state index contributed by atoms with van der Waals surface area (Å²) < 4.78 is 0. The van der Waals surface area contributed by atoms with Gasteiger partial charge in [-0.1, -0.05) is 11.6 Å². The topological polar surface area (TPSA) is 48.5 Å². The van der Waals surface area contributed by atoms with E-state index in [1.54, 1.807) is 12.1 Å². The van der Waals surface area contributed by atoms with Gasteiger partial charge in [-0.2, -0.15) is 0 Å². The average molecular weight is 331 g/mol. The lowest BCUT2D eigenvalue weighted by atomic mass is 10.2. The van der Waals surface area contributed by atoms with E-state index >= 15 is 0 Å². The highest BCUT2D eigenvalue weighted by Gasteiger charge is 2.14. The number of nitrogens with one attached hydrogen (secondary N) is 1. The zero-order chi connectivity index (χ0) is 16.2. The van der Waals surface area contributed by atoms with Crippen molar-refractivity contribution in [2.24, 2.45) is 0 Å². The summed E-state index contributed by atoms with van der Waals surface area (Å²) in [6, 6.07) is 11.2. The highest BCUT2D eigenvalue weighted by molar-refractivity contribution is 6.29. The summed E-state index contributed by atoms with van der Waals surface area (Å²) in [5.41, 5.74) is 2.43. The van der Waals surface area contributed by atoms with E-state index in [2.05, 4.69) is 27.1 Å². The Balaban J connectivity index is 1.63. The molecule has 0 spiro atoms. The van der Waals surface area contributed by atoms with E-state index in [0.717, 1.165) is 31.9 Å². The Morgan fingerprint density at radius 2 is 1.78 bits per heavy atom. The summed E-state index contributed by atoms with van der Waals surface area (Å²) in [6.07, 6.45) is 1.47. The van der Waals surface area contributed by atoms with Crippen molar-refractivity contribution in [3.63, 3.8) is 0 Å². The van der Waals surface area contributed by atoms with Crippen LogP contribution in [0.1, 0.15) is 10.4 Å². The lowest BCUT2D eigenvalue weighted by Crippen LogP contribution is -2.44. The molecule has 1 fully saturated rings. The van der Waals surface area contributed by atoms with Crippen LogP contribution in [0.2, 0.25) is 5.15 Å². The second kappa shape index (κ2) is 6.98. The normalized spacial score (nSPS) is 15.5. The second-order valence-electron chi connectivity index (χ2n) is 5.66. The summed E-state index contributed by atoms with van der Waals surface area (Å²) >= 11 is 5.73. The molecule has 0 unspecified atom stereocenters. The van der Waals surface area contributed by atoms with E-state index in [0.29, 0.717) is 10.7 Å². The number of amides is 1. The number of piperazine rings is 1. The molecule has 1 N–H and O–H groups in total. The first-order valence-corrected chi connectivity index (χ1v) is 7.96. The summed E-state index contributed by atoms with van der Waals surface area (Å²) in [7, 11) is 2.14. The van der Waals surface area contributed by atoms with Gasteiger partial charge in [-0.25, -0.2) is 4.98 Å². The minimum atomic E-state index is -0.193. The van der Waals surface area contributed by atoms with Crippen LogP contribution in [0.25, 0.3) is 0 Å². The molecular formula is C17H19ClN4O. The van der Waals surface area contributed by atoms with Crippen molar-refractivity contribution in [2.75, 3.05) is 43.4 Å². The van der Waals surface area contributed by atoms with Crippen LogP contribution in [-0.4, -0.2) is 49.0 Å². The third kappa shape index (κ3) is 4.00. The molecule has 1 saturated heterocycles. The van der Waals surface area contributed by atoms with Crippen LogP contribution in [0.3, 0.4) is 0 Å². The standard InChI is InChI=1S/C17H19ClN4O/c1-21-8-10-22(11-9-21)15-5-3-14(4-6-15)20-17(23)13-2-7-16(18)19-12-13/h2-7,12H,8-11H2,1H3,(H,20,23). The van der Waals surface area contributed by atoms with E-state index in [1.807, 2.05) is 24.3 Å². The lowest BCUT2D eigenvalue weighted by Gasteiger charge is -2.34. The first-order chi connectivity index (χ1) is 11.1. The van der Waals surface area contributed by atoms with Crippen LogP contribution in [0.15, 0.2) is 42.6 Å². The van der Waals surface area contributed by atoms with Gasteiger partial charge in [-0.3, -0.25) is 4.79 Å². The van der Waals surface area contributed by atoms with Gasteiger partial charge >= 0.3 is 0 Å². The molecule has 0 bridgehead atoms. The first kappa shape index (κ1) is 15.8. The Hall–Kier alpha value is -2.11. The number of hydrogen-bond donors (Lipinski definition) is 1. The van der Waals surface area contributed by atoms with Crippen molar-refractivity contribution in [1.29, 1.82) is 0 Å². The predicted molar refractivity (Wildman–Crippen MR) is 93.4 cm³/mol. The number of aromatic nitrogens is 1. The van der Waals surface area contributed by atoms with Gasteiger partial charge in [-0.15, -0.1) is 0 Å². The Morgan fingerprint density at radius 3 is 2.39 bits per heavy atom. The molecule has 3 rings (SSSR count). The third-order valence-corrected chi connectivity index (χ3v) is 4.21. The van der Waals surface area contributed by atoms with Gasteiger partial charge in [0.2, 0.25) is 0 Å². The summed E-state index contributed by atoms with van der Waals surface area (Å²) in [5.74, 6) is -0.193. The zero-order valence-electron chi connectivity index (χ0n) is 13.0. The van der Waals surface area contributed by atoms with E-state index in [9.17, 15) is 4.79 Å². The molecule has 1 aromatic heterocycles. The largest absolute Gasteiger partial charge is 0.369 e. The molecule has 1 aromatic carbocycles. The average Bonchev–Trinajstić information content (AvgIpc) is 2.57. The van der Waals surface area contributed by atoms with Gasteiger partial charge in [0.05, 0.1) is 5.56 Å². The zero-order valence-corrected chi connectivity index (χ0v) is 13.8. The Bertz CT molecular complexity index is 664. The van der Waals surface area contributed by atoms with Gasteiger partial charge in [-0.05, 0) is 43.4 Å². The fourth-order valence-electron chi connectivity index (χ4n) is 2.53. The maximum atomic E-state index is 12.1. The number of anilines is 2. The summed E-state index contributed by atoms with van der Waals surface area (Å²) in [4.78, 5) is 20.7. The van der Waals surface area contributed by atoms with Crippen LogP contribution >= 0.6 is 11.6 Å². The number of hydrogen-bond acceptors (Lipinski definition) is 4. The fourth-order valence-corrected chi connectivity index (χ4v) is 2.65. The van der Waals surface area contributed by atoms with Crippen LogP contribution in [0.4, 0.5) is 11.4 Å². The highest BCUT2D eigenvalue weighted by Crippen LogP contribution is 2.19. The Kier molecular flexibility index (Phi) is 4.79. The van der Waals surface area contributed by atoms with E-state index < -0.39 is 0 Å². The molecule has 2 heterocycles. The van der Waals surface area contributed by atoms with Crippen LogP contribution in [0.5, 0.6) is 0 Å². The first-order valence-electron chi connectivity index (χ1n) is 7.58. The van der Waals surface area contributed by atoms with Gasteiger partial charge < -0.3 is 15.1 Å². The number of pyridine rings is 1. The molecule has 23 heavy (non-hydrogen) atoms. The maximum absolute atomic E-state index is 12.1. The van der Waals surface area contributed by atoms with Crippen molar-refractivity contribution in [3.05, 3.63) is 53.3 Å². The predicted octanol–water partition coefficient (Wildman–Crippen LogP) is 2.74. The molecule has 1 aliphatic heterocycles. The van der Waals surface area contributed by atoms with Gasteiger partial charge in [0.1, 0.15) is 5.15 Å². The minimum absolute atomic E-state index is 0.193. The SMILES string of the molecule is CN1CCN(c2ccc(NC(=O)c3ccc(Cl)nc3)cc2)CC1. The Morgan fingerprint density at radius 1 is 1.09 bits per heavy atom. The molecule has 5 nitrogen and oxygen atoms in total. The van der Waals surface area contributed by atoms with Crippen molar-refractivity contribution in [3.8, 4) is 0 Å². The number of carbonyl (C=O) groups is 1. The van der Waals surface area contributed by atoms with Crippen molar-refractivity contribution in [1.82, 2.24) is 9.88 Å². The van der Waals surface area contributed by atoms with Crippen molar-refractivity contribution < 1.29 is 4.79 Å². The third-order valence-electron chi connectivity index (χ3n) is 3.98. The molecule has 6 heteroatoms. The van der Waals surface area contributed by atoms with Crippen molar-refractivity contribution >= 4 is 28.9 Å². The quantitative estimate of drug-likeness (QED) is 0.879. The molecule has 0 atom stereocenters. The molecule has 2 aromatic rings. The molecule has 0 saturated carbocycles. The molecule has 0 radical (unpaired) electrons. The summed E-state index contributed by atoms with van der Waals surface area (Å²) in [5, 5.41) is 3.24. The van der Waals surface area contributed by atoms with Gasteiger partial charge in [0.15, 0.2) is 0 Å². The van der Waals surface area contributed by atoms with Gasteiger partial charge in [0, 0.05) is 43.8 Å². The smallest absolute Gasteiger partial charge is 0.257 e. The summed E-state index contributed by atoms with van der Waals surface area (Å²) in [6.45, 7) is 4.20. The monoisotopic (exact) mass is 330 g/mol.